The molecule has 1 aliphatic carbocycles. The summed E-state index contributed by atoms with van der Waals surface area (Å²) in [5.41, 5.74) is 2.50. The first-order valence-corrected chi connectivity index (χ1v) is 13.5. The van der Waals surface area contributed by atoms with Gasteiger partial charge in [0.25, 0.3) is 0 Å². The molecule has 1 aliphatic rings. The van der Waals surface area contributed by atoms with E-state index in [-0.39, 0.29) is 11.9 Å². The number of benzene rings is 2. The number of amides is 1. The molecular weight excluding hydrogens is 492 g/mol. The minimum absolute atomic E-state index is 0.128. The average Bonchev–Trinajstić information content (AvgIpc) is 3.45. The summed E-state index contributed by atoms with van der Waals surface area (Å²) in [6, 6.07) is 17.9. The molecule has 0 spiro atoms. The summed E-state index contributed by atoms with van der Waals surface area (Å²) >= 11 is 2.72. The smallest absolute Gasteiger partial charge is 0.238 e. The van der Waals surface area contributed by atoms with E-state index >= 15 is 0 Å². The first kappa shape index (κ1) is 26.3. The van der Waals surface area contributed by atoms with E-state index in [0.29, 0.717) is 25.2 Å². The van der Waals surface area contributed by atoms with E-state index in [9.17, 15) is 10.1 Å². The summed E-state index contributed by atoms with van der Waals surface area (Å²) in [7, 11) is 1.48. The van der Waals surface area contributed by atoms with Crippen molar-refractivity contribution in [1.82, 2.24) is 15.6 Å². The normalized spacial score (nSPS) is 15.8. The molecule has 2 aromatic carbocycles. The van der Waals surface area contributed by atoms with Gasteiger partial charge in [-0.25, -0.2) is 9.87 Å². The van der Waals surface area contributed by atoms with Crippen LogP contribution in [0.1, 0.15) is 49.7 Å². The SMILES string of the molecule is COOSc1ccc(-c2ccc([C@H](N[C@@H](CC(C)C)C(=O)NC3(C#N)CC3)c3nccs3)cc2)cc1. The molecule has 0 unspecified atom stereocenters. The van der Waals surface area contributed by atoms with Gasteiger partial charge < -0.3 is 5.32 Å². The highest BCUT2D eigenvalue weighted by Crippen LogP contribution is 2.35. The molecular formula is C27H30N4O3S2. The monoisotopic (exact) mass is 522 g/mol. The molecule has 1 fully saturated rings. The number of carbonyl (C=O) groups is 1. The Kier molecular flexibility index (Phi) is 8.77. The van der Waals surface area contributed by atoms with Crippen molar-refractivity contribution in [3.63, 3.8) is 0 Å². The molecule has 2 N–H and O–H groups in total. The maximum Gasteiger partial charge on any atom is 0.238 e. The van der Waals surface area contributed by atoms with Gasteiger partial charge in [0.1, 0.15) is 10.5 Å². The van der Waals surface area contributed by atoms with Crippen LogP contribution in [0.4, 0.5) is 0 Å². The van der Waals surface area contributed by atoms with Crippen molar-refractivity contribution < 1.29 is 14.0 Å². The highest BCUT2D eigenvalue weighted by Gasteiger charge is 2.45. The summed E-state index contributed by atoms with van der Waals surface area (Å²) < 4.78 is 4.91. The number of thiazole rings is 1. The topological polar surface area (TPSA) is 96.3 Å². The Bertz CT molecular complexity index is 1170. The molecule has 1 amide bonds. The van der Waals surface area contributed by atoms with Crippen molar-refractivity contribution >= 4 is 29.3 Å². The lowest BCUT2D eigenvalue weighted by Gasteiger charge is -2.26. The number of hydrogen-bond acceptors (Lipinski definition) is 8. The van der Waals surface area contributed by atoms with Crippen LogP contribution in [0.25, 0.3) is 11.1 Å². The van der Waals surface area contributed by atoms with E-state index in [4.69, 9.17) is 4.33 Å². The number of nitriles is 1. The zero-order valence-corrected chi connectivity index (χ0v) is 22.2. The standard InChI is InChI=1S/C27H30N4O3S2/c1-18(2)16-23(25(32)31-27(17-28)12-13-27)30-24(26-29-14-15-35-26)21-6-4-19(5-7-21)20-8-10-22(11-9-20)36-34-33-3/h4-11,14-15,18,23-24,30H,12-13,16H2,1-3H3,(H,31,32)/t23-,24-/m0/s1. The lowest BCUT2D eigenvalue weighted by molar-refractivity contribution is -0.160. The summed E-state index contributed by atoms with van der Waals surface area (Å²) in [5, 5.41) is 18.8. The molecule has 2 atom stereocenters. The Balaban J connectivity index is 1.54. The minimum Gasteiger partial charge on any atom is -0.336 e. The largest absolute Gasteiger partial charge is 0.336 e. The molecule has 188 valence electrons. The Morgan fingerprint density at radius 1 is 1.17 bits per heavy atom. The van der Waals surface area contributed by atoms with Gasteiger partial charge in [0.2, 0.25) is 5.91 Å². The van der Waals surface area contributed by atoms with Crippen LogP contribution in [0.5, 0.6) is 0 Å². The third-order valence-corrected chi connectivity index (χ3v) is 7.56. The molecule has 0 aliphatic heterocycles. The van der Waals surface area contributed by atoms with Crippen LogP contribution in [-0.2, 0) is 14.0 Å². The molecule has 1 aromatic heterocycles. The maximum absolute atomic E-state index is 13.2. The van der Waals surface area contributed by atoms with Gasteiger partial charge in [0.05, 0.1) is 37.3 Å². The Hall–Kier alpha value is -2.74. The highest BCUT2D eigenvalue weighted by atomic mass is 32.2. The minimum atomic E-state index is -0.698. The van der Waals surface area contributed by atoms with E-state index < -0.39 is 11.6 Å². The van der Waals surface area contributed by atoms with Crippen LogP contribution in [0, 0.1) is 17.2 Å². The fourth-order valence-corrected chi connectivity index (χ4v) is 5.08. The number of carbonyl (C=O) groups excluding carboxylic acids is 1. The molecule has 36 heavy (non-hydrogen) atoms. The molecule has 0 bridgehead atoms. The molecule has 0 radical (unpaired) electrons. The van der Waals surface area contributed by atoms with Crippen molar-refractivity contribution in [3.05, 3.63) is 70.7 Å². The average molecular weight is 523 g/mol. The number of nitrogens with one attached hydrogen (secondary N) is 2. The van der Waals surface area contributed by atoms with Crippen molar-refractivity contribution in [2.75, 3.05) is 7.11 Å². The Morgan fingerprint density at radius 3 is 2.36 bits per heavy atom. The molecule has 4 rings (SSSR count). The lowest BCUT2D eigenvalue weighted by atomic mass is 9.98. The maximum atomic E-state index is 13.2. The van der Waals surface area contributed by atoms with Gasteiger partial charge in [-0.05, 0) is 54.0 Å². The molecule has 3 aromatic rings. The first-order valence-electron chi connectivity index (χ1n) is 11.9. The fourth-order valence-electron chi connectivity index (χ4n) is 3.97. The molecule has 9 heteroatoms. The number of rotatable bonds is 12. The zero-order valence-electron chi connectivity index (χ0n) is 20.6. The van der Waals surface area contributed by atoms with Crippen LogP contribution >= 0.6 is 23.4 Å². The van der Waals surface area contributed by atoms with Crippen molar-refractivity contribution in [1.29, 1.82) is 5.26 Å². The van der Waals surface area contributed by atoms with E-state index in [1.54, 1.807) is 17.5 Å². The van der Waals surface area contributed by atoms with E-state index in [2.05, 4.69) is 64.7 Å². The van der Waals surface area contributed by atoms with Gasteiger partial charge in [0, 0.05) is 16.5 Å². The van der Waals surface area contributed by atoms with Crippen molar-refractivity contribution in [3.8, 4) is 17.2 Å². The third-order valence-electron chi connectivity index (χ3n) is 6.05. The molecule has 7 nitrogen and oxygen atoms in total. The fraction of sp³-hybridized carbons (Fsp3) is 0.370. The van der Waals surface area contributed by atoms with Gasteiger partial charge in [-0.3, -0.25) is 10.1 Å². The van der Waals surface area contributed by atoms with Crippen LogP contribution < -0.4 is 10.6 Å². The Morgan fingerprint density at radius 2 is 1.83 bits per heavy atom. The van der Waals surface area contributed by atoms with Crippen molar-refractivity contribution in [2.24, 2.45) is 5.92 Å². The summed E-state index contributed by atoms with van der Waals surface area (Å²) in [6.45, 7) is 4.19. The number of aromatic nitrogens is 1. The van der Waals surface area contributed by atoms with Crippen LogP contribution in [0.3, 0.4) is 0 Å². The predicted octanol–water partition coefficient (Wildman–Crippen LogP) is 5.66. The quantitative estimate of drug-likeness (QED) is 0.180. The van der Waals surface area contributed by atoms with Crippen LogP contribution in [0.2, 0.25) is 0 Å². The number of nitrogens with zero attached hydrogens (tertiary/aromatic N) is 2. The van der Waals surface area contributed by atoms with Gasteiger partial charge in [-0.15, -0.1) is 11.3 Å². The summed E-state index contributed by atoms with van der Waals surface area (Å²) in [6.07, 6.45) is 3.85. The van der Waals surface area contributed by atoms with Gasteiger partial charge >= 0.3 is 0 Å². The molecule has 1 saturated carbocycles. The summed E-state index contributed by atoms with van der Waals surface area (Å²) in [5.74, 6) is 0.177. The van der Waals surface area contributed by atoms with Gasteiger partial charge in [-0.2, -0.15) is 9.60 Å². The Labute approximate surface area is 220 Å². The van der Waals surface area contributed by atoms with Crippen LogP contribution in [0.15, 0.2) is 65.0 Å². The van der Waals surface area contributed by atoms with E-state index in [0.717, 1.165) is 38.6 Å². The van der Waals surface area contributed by atoms with E-state index in [1.807, 2.05) is 29.6 Å². The van der Waals surface area contributed by atoms with Crippen LogP contribution in [-0.4, -0.2) is 29.6 Å². The second-order valence-electron chi connectivity index (χ2n) is 9.30. The van der Waals surface area contributed by atoms with Gasteiger partial charge in [-0.1, -0.05) is 50.2 Å². The molecule has 0 saturated heterocycles. The predicted molar refractivity (Wildman–Crippen MR) is 142 cm³/mol. The van der Waals surface area contributed by atoms with E-state index in [1.165, 1.54) is 7.11 Å². The number of hydrogen-bond donors (Lipinski definition) is 2. The lowest BCUT2D eigenvalue weighted by Crippen LogP contribution is -2.50. The molecule has 1 heterocycles. The zero-order chi connectivity index (χ0) is 25.5. The first-order chi connectivity index (χ1) is 17.4. The second-order valence-corrected chi connectivity index (χ2v) is 11.0. The summed E-state index contributed by atoms with van der Waals surface area (Å²) in [4.78, 5) is 23.3. The highest BCUT2D eigenvalue weighted by molar-refractivity contribution is 7.94. The van der Waals surface area contributed by atoms with Gasteiger partial charge in [0.15, 0.2) is 0 Å². The van der Waals surface area contributed by atoms with Crippen molar-refractivity contribution in [2.45, 2.75) is 55.6 Å². The third kappa shape index (κ3) is 6.72. The second kappa shape index (κ2) is 12.0.